The molecule has 3 saturated carbocycles. The number of Topliss-reactive ketones (excluding diaryl/α,β-unsaturated/α-hetero) is 1. The van der Waals surface area contributed by atoms with Crippen LogP contribution in [0.3, 0.4) is 0 Å². The van der Waals surface area contributed by atoms with E-state index >= 15 is 4.39 Å². The van der Waals surface area contributed by atoms with E-state index in [2.05, 4.69) is 12.2 Å². The van der Waals surface area contributed by atoms with E-state index in [9.17, 15) is 24.6 Å². The van der Waals surface area contributed by atoms with E-state index in [0.29, 0.717) is 31.4 Å². The summed E-state index contributed by atoms with van der Waals surface area (Å²) in [6.07, 6.45) is 7.54. The number of alkyl halides is 1. The van der Waals surface area contributed by atoms with Crippen LogP contribution in [-0.2, 0) is 14.3 Å². The van der Waals surface area contributed by atoms with Crippen LogP contribution in [0.1, 0.15) is 79.1 Å². The predicted molar refractivity (Wildman–Crippen MR) is 136 cm³/mol. The number of amides is 1. The smallest absolute Gasteiger partial charge is 0.407 e. The zero-order valence-electron chi connectivity index (χ0n) is 22.5. The fourth-order valence-corrected chi connectivity index (χ4v) is 8.17. The number of ether oxygens (including phenoxy) is 1. The van der Waals surface area contributed by atoms with Crippen LogP contribution in [0.4, 0.5) is 9.18 Å². The van der Waals surface area contributed by atoms with Crippen molar-refractivity contribution >= 4 is 17.7 Å². The van der Waals surface area contributed by atoms with Gasteiger partial charge in [-0.1, -0.05) is 51.7 Å². The Morgan fingerprint density at radius 2 is 1.95 bits per heavy atom. The molecule has 3 N–H and O–H groups in total. The molecule has 0 aromatic rings. The molecule has 0 unspecified atom stereocenters. The summed E-state index contributed by atoms with van der Waals surface area (Å²) >= 11 is 0. The van der Waals surface area contributed by atoms with Crippen molar-refractivity contribution in [1.29, 1.82) is 0 Å². The van der Waals surface area contributed by atoms with Gasteiger partial charge in [-0.05, 0) is 63.0 Å². The van der Waals surface area contributed by atoms with Crippen LogP contribution < -0.4 is 5.32 Å². The summed E-state index contributed by atoms with van der Waals surface area (Å²) in [5, 5.41) is 26.0. The highest BCUT2D eigenvalue weighted by Gasteiger charge is 2.75. The number of nitrogens with one attached hydrogen (secondary N) is 1. The standard InChI is InChI=1S/C29H42FNO6/c1-5-6-7-8-13-31-25(35)37-17-24(34)29(36)18(2)14-22-21-10-9-19-15-20(32)11-12-26(19,3)28(21,30)23(33)16-27(22,29)4/h11-12,15,18,21-23,33,36H,5-10,13-14,16-17H2,1-4H3,(H,31,35)/t18-,21+,22+,23+,26+,27+,28+,29+/m0/s1. The Kier molecular flexibility index (Phi) is 7.49. The van der Waals surface area contributed by atoms with Gasteiger partial charge in [0.2, 0.25) is 5.78 Å². The minimum Gasteiger partial charge on any atom is -0.441 e. The molecule has 37 heavy (non-hydrogen) atoms. The molecule has 0 heterocycles. The molecule has 8 heteroatoms. The first-order chi connectivity index (χ1) is 17.4. The largest absolute Gasteiger partial charge is 0.441 e. The van der Waals surface area contributed by atoms with Gasteiger partial charge in [-0.25, -0.2) is 9.18 Å². The number of ketones is 2. The number of alkyl carbamates (subject to hydrolysis) is 1. The molecule has 4 aliphatic rings. The molecule has 0 aliphatic heterocycles. The van der Waals surface area contributed by atoms with Crippen LogP contribution in [0.25, 0.3) is 0 Å². The molecule has 1 amide bonds. The lowest BCUT2D eigenvalue weighted by molar-refractivity contribution is -0.219. The van der Waals surface area contributed by atoms with Gasteiger partial charge in [0, 0.05) is 23.3 Å². The van der Waals surface area contributed by atoms with Crippen molar-refractivity contribution in [2.75, 3.05) is 13.2 Å². The van der Waals surface area contributed by atoms with Crippen LogP contribution in [0.5, 0.6) is 0 Å². The number of fused-ring (bicyclic) bond motifs is 5. The first-order valence-corrected chi connectivity index (χ1v) is 13.8. The van der Waals surface area contributed by atoms with Gasteiger partial charge in [-0.15, -0.1) is 0 Å². The summed E-state index contributed by atoms with van der Waals surface area (Å²) in [5.74, 6) is -2.25. The Morgan fingerprint density at radius 1 is 1.22 bits per heavy atom. The van der Waals surface area contributed by atoms with E-state index < -0.39 is 58.5 Å². The normalized spacial score (nSPS) is 42.4. The fraction of sp³-hybridized carbons (Fsp3) is 0.759. The van der Waals surface area contributed by atoms with E-state index in [-0.39, 0.29) is 18.1 Å². The maximum Gasteiger partial charge on any atom is 0.407 e. The maximum absolute atomic E-state index is 17.2. The molecule has 4 rings (SSSR count). The monoisotopic (exact) mass is 519 g/mol. The molecule has 3 fully saturated rings. The van der Waals surface area contributed by atoms with Crippen molar-refractivity contribution in [3.05, 3.63) is 23.8 Å². The van der Waals surface area contributed by atoms with Crippen molar-refractivity contribution in [1.82, 2.24) is 5.32 Å². The van der Waals surface area contributed by atoms with Crippen LogP contribution in [0.2, 0.25) is 0 Å². The van der Waals surface area contributed by atoms with E-state index in [4.69, 9.17) is 4.74 Å². The first-order valence-electron chi connectivity index (χ1n) is 13.8. The minimum atomic E-state index is -2.03. The number of aliphatic hydroxyl groups excluding tert-OH is 1. The molecule has 206 valence electrons. The quantitative estimate of drug-likeness (QED) is 0.414. The number of hydrogen-bond donors (Lipinski definition) is 3. The van der Waals surface area contributed by atoms with Gasteiger partial charge >= 0.3 is 6.09 Å². The topological polar surface area (TPSA) is 113 Å². The van der Waals surface area contributed by atoms with Crippen molar-refractivity contribution in [2.45, 2.75) is 96.4 Å². The Labute approximate surface area is 218 Å². The fourth-order valence-electron chi connectivity index (χ4n) is 8.17. The van der Waals surface area contributed by atoms with Gasteiger partial charge in [-0.3, -0.25) is 9.59 Å². The number of carbonyl (C=O) groups is 3. The molecule has 0 aromatic heterocycles. The SMILES string of the molecule is CCCCCCNC(=O)OCC(=O)[C@]1(O)[C@@H](C)C[C@@H]2[C@H]3CCC4=CC(=O)C=C[C@@]4(C)[C@]3(F)[C@H](O)C[C@]21C. The van der Waals surface area contributed by atoms with Crippen molar-refractivity contribution < 1.29 is 33.7 Å². The van der Waals surface area contributed by atoms with Gasteiger partial charge < -0.3 is 20.3 Å². The molecule has 7 nitrogen and oxygen atoms in total. The van der Waals surface area contributed by atoms with Gasteiger partial charge in [0.1, 0.15) is 5.60 Å². The van der Waals surface area contributed by atoms with E-state index in [0.717, 1.165) is 25.7 Å². The van der Waals surface area contributed by atoms with Gasteiger partial charge in [0.15, 0.2) is 18.1 Å². The van der Waals surface area contributed by atoms with Crippen molar-refractivity contribution in [3.8, 4) is 0 Å². The third kappa shape index (κ3) is 4.10. The summed E-state index contributed by atoms with van der Waals surface area (Å²) < 4.78 is 22.4. The number of carbonyl (C=O) groups excluding carboxylic acids is 3. The second kappa shape index (κ2) is 9.92. The summed E-state index contributed by atoms with van der Waals surface area (Å²) in [5.41, 5.74) is -5.42. The Morgan fingerprint density at radius 3 is 2.65 bits per heavy atom. The average molecular weight is 520 g/mol. The molecule has 0 saturated heterocycles. The summed E-state index contributed by atoms with van der Waals surface area (Å²) in [6.45, 7) is 7.25. The third-order valence-corrected chi connectivity index (χ3v) is 10.3. The molecular weight excluding hydrogens is 477 g/mol. The molecular formula is C29H42FNO6. The molecule has 8 atom stereocenters. The Balaban J connectivity index is 1.52. The second-order valence-corrected chi connectivity index (χ2v) is 12.2. The zero-order valence-corrected chi connectivity index (χ0v) is 22.5. The van der Waals surface area contributed by atoms with Gasteiger partial charge in [-0.2, -0.15) is 0 Å². The minimum absolute atomic E-state index is 0.106. The number of hydrogen-bond acceptors (Lipinski definition) is 6. The lowest BCUT2D eigenvalue weighted by Crippen LogP contribution is -2.69. The van der Waals surface area contributed by atoms with Gasteiger partial charge in [0.25, 0.3) is 0 Å². The summed E-state index contributed by atoms with van der Waals surface area (Å²) in [7, 11) is 0. The Hall–Kier alpha value is -2.06. The Bertz CT molecular complexity index is 1010. The van der Waals surface area contributed by atoms with E-state index in [1.54, 1.807) is 26.8 Å². The second-order valence-electron chi connectivity index (χ2n) is 12.2. The molecule has 0 radical (unpaired) electrons. The van der Waals surface area contributed by atoms with E-state index in [1.807, 2.05) is 0 Å². The maximum atomic E-state index is 17.2. The van der Waals surface area contributed by atoms with Crippen molar-refractivity contribution in [2.24, 2.45) is 28.6 Å². The highest BCUT2D eigenvalue weighted by atomic mass is 19.1. The number of aliphatic hydroxyl groups is 2. The number of rotatable bonds is 8. The van der Waals surface area contributed by atoms with Crippen LogP contribution in [0.15, 0.2) is 23.8 Å². The lowest BCUT2D eigenvalue weighted by Gasteiger charge is -2.62. The molecule has 0 aromatic carbocycles. The van der Waals surface area contributed by atoms with E-state index in [1.165, 1.54) is 12.2 Å². The van der Waals surface area contributed by atoms with Crippen LogP contribution in [-0.4, -0.2) is 58.4 Å². The molecule has 4 aliphatic carbocycles. The molecule has 0 bridgehead atoms. The lowest BCUT2D eigenvalue weighted by atomic mass is 9.44. The van der Waals surface area contributed by atoms with Crippen LogP contribution >= 0.6 is 0 Å². The molecule has 0 spiro atoms. The highest BCUT2D eigenvalue weighted by molar-refractivity contribution is 6.01. The predicted octanol–water partition coefficient (Wildman–Crippen LogP) is 4.21. The zero-order chi connectivity index (χ0) is 27.2. The van der Waals surface area contributed by atoms with Gasteiger partial charge in [0.05, 0.1) is 6.10 Å². The number of allylic oxidation sites excluding steroid dienone is 4. The summed E-state index contributed by atoms with van der Waals surface area (Å²) in [6, 6.07) is 0. The van der Waals surface area contributed by atoms with Crippen molar-refractivity contribution in [3.63, 3.8) is 0 Å². The van der Waals surface area contributed by atoms with Crippen LogP contribution in [0, 0.1) is 28.6 Å². The first kappa shape index (κ1) is 28.0. The average Bonchev–Trinajstić information content (AvgIpc) is 3.05. The number of halogens is 1. The summed E-state index contributed by atoms with van der Waals surface area (Å²) in [4.78, 5) is 37.6. The highest BCUT2D eigenvalue weighted by Crippen LogP contribution is 2.70. The number of unbranched alkanes of at least 4 members (excludes halogenated alkanes) is 3. The third-order valence-electron chi connectivity index (χ3n) is 10.3.